The zero-order valence-electron chi connectivity index (χ0n) is 13.0. The van der Waals surface area contributed by atoms with Crippen LogP contribution in [-0.4, -0.2) is 41.3 Å². The third kappa shape index (κ3) is 3.14. The molecule has 3 aromatic heterocycles. The van der Waals surface area contributed by atoms with Crippen molar-refractivity contribution in [1.29, 1.82) is 0 Å². The first kappa shape index (κ1) is 15.5. The summed E-state index contributed by atoms with van der Waals surface area (Å²) in [4.78, 5) is 23.6. The van der Waals surface area contributed by atoms with Gasteiger partial charge in [-0.3, -0.25) is 0 Å². The summed E-state index contributed by atoms with van der Waals surface area (Å²) in [6.45, 7) is 0. The van der Waals surface area contributed by atoms with Crippen LogP contribution in [0.3, 0.4) is 0 Å². The van der Waals surface area contributed by atoms with Gasteiger partial charge >= 0.3 is 0 Å². The van der Waals surface area contributed by atoms with Gasteiger partial charge in [0, 0.05) is 36.6 Å². The molecular weight excluding hydrogens is 370 g/mol. The van der Waals surface area contributed by atoms with Crippen LogP contribution in [-0.2, 0) is 19.5 Å². The molecule has 0 saturated carbocycles. The summed E-state index contributed by atoms with van der Waals surface area (Å²) < 4.78 is 0. The van der Waals surface area contributed by atoms with E-state index in [1.165, 1.54) is 0 Å². The van der Waals surface area contributed by atoms with E-state index in [0.717, 1.165) is 22.4 Å². The van der Waals surface area contributed by atoms with E-state index in [0.29, 0.717) is 23.1 Å². The fraction of sp³-hybridized carbons (Fsp3) is 0. The van der Waals surface area contributed by atoms with Crippen LogP contribution in [0.4, 0.5) is 5.95 Å². The number of aromatic nitrogens is 7. The first-order chi connectivity index (χ1) is 11.8. The van der Waals surface area contributed by atoms with Crippen LogP contribution < -0.4 is 0 Å². The molecule has 0 aromatic carbocycles. The molecule has 0 saturated heterocycles. The Kier molecular flexibility index (Phi) is 3.78. The van der Waals surface area contributed by atoms with E-state index in [4.69, 9.17) is 0 Å². The zero-order chi connectivity index (χ0) is 15.9. The molecule has 25 heavy (non-hydrogen) atoms. The van der Waals surface area contributed by atoms with E-state index in [-0.39, 0.29) is 19.5 Å². The number of H-pyrrole nitrogens is 2. The molecule has 0 spiro atoms. The van der Waals surface area contributed by atoms with E-state index >= 15 is 0 Å². The molecule has 9 heteroatoms. The first-order valence-electron chi connectivity index (χ1n) is 7.31. The van der Waals surface area contributed by atoms with Crippen LogP contribution in [0, 0.1) is 0 Å². The van der Waals surface area contributed by atoms with E-state index in [1.807, 2.05) is 36.4 Å². The molecule has 0 unspecified atom stereocenters. The Labute approximate surface area is 154 Å². The molecule has 0 radical (unpaired) electrons. The van der Waals surface area contributed by atoms with Gasteiger partial charge in [-0.05, 0) is 36.4 Å². The van der Waals surface area contributed by atoms with Gasteiger partial charge in [-0.25, -0.2) is 15.0 Å². The molecule has 0 amide bonds. The van der Waals surface area contributed by atoms with E-state index in [2.05, 4.69) is 40.1 Å². The van der Waals surface area contributed by atoms with Crippen molar-refractivity contribution in [1.82, 2.24) is 35.1 Å². The van der Waals surface area contributed by atoms with Gasteiger partial charge in [-0.1, -0.05) is 0 Å². The molecule has 0 atom stereocenters. The summed E-state index contributed by atoms with van der Waals surface area (Å²) in [6, 6.07) is 9.66. The molecule has 2 N–H and O–H groups in total. The van der Waals surface area contributed by atoms with Crippen molar-refractivity contribution in [2.24, 2.45) is 4.99 Å². The Morgan fingerprint density at radius 3 is 2.32 bits per heavy atom. The number of rotatable bonds is 0. The monoisotopic (exact) mass is 378 g/mol. The smallest absolute Gasteiger partial charge is 0.253 e. The molecule has 0 aliphatic carbocycles. The van der Waals surface area contributed by atoms with Crippen LogP contribution in [0.1, 0.15) is 17.1 Å². The topological polar surface area (TPSA) is 108 Å². The number of nitrogens with one attached hydrogen (secondary N) is 2. The summed E-state index contributed by atoms with van der Waals surface area (Å²) in [6.07, 6.45) is 5.53. The van der Waals surface area contributed by atoms with Crippen molar-refractivity contribution < 1.29 is 19.5 Å². The Morgan fingerprint density at radius 2 is 1.48 bits per heavy atom. The second kappa shape index (κ2) is 6.10. The molecule has 5 heterocycles. The van der Waals surface area contributed by atoms with Gasteiger partial charge in [0.15, 0.2) is 5.65 Å². The number of aromatic amines is 2. The fourth-order valence-corrected chi connectivity index (χ4v) is 2.51. The maximum Gasteiger partial charge on any atom is 0.253 e. The van der Waals surface area contributed by atoms with Crippen LogP contribution in [0.25, 0.3) is 34.6 Å². The van der Waals surface area contributed by atoms with Gasteiger partial charge in [0.25, 0.3) is 11.7 Å². The van der Waals surface area contributed by atoms with Crippen molar-refractivity contribution >= 4 is 46.8 Å². The third-order valence-electron chi connectivity index (χ3n) is 3.55. The first-order valence-corrected chi connectivity index (χ1v) is 7.31. The van der Waals surface area contributed by atoms with Gasteiger partial charge in [0.1, 0.15) is 0 Å². The summed E-state index contributed by atoms with van der Waals surface area (Å²) in [5, 5.41) is 8.02. The van der Waals surface area contributed by atoms with E-state index in [9.17, 15) is 0 Å². The average Bonchev–Trinajstić information content (AvgIpc) is 3.32. The summed E-state index contributed by atoms with van der Waals surface area (Å²) in [7, 11) is 0. The van der Waals surface area contributed by atoms with Crippen molar-refractivity contribution in [3.63, 3.8) is 0 Å². The predicted molar refractivity (Wildman–Crippen MR) is 90.6 cm³/mol. The predicted octanol–water partition coefficient (Wildman–Crippen LogP) is 2.42. The minimum atomic E-state index is 0. The van der Waals surface area contributed by atoms with Gasteiger partial charge in [0.2, 0.25) is 0 Å². The van der Waals surface area contributed by atoms with Crippen LogP contribution >= 0.6 is 0 Å². The molecule has 8 nitrogen and oxygen atoms in total. The second-order valence-corrected chi connectivity index (χ2v) is 5.34. The Balaban J connectivity index is 0.00000157. The van der Waals surface area contributed by atoms with Gasteiger partial charge < -0.3 is 9.97 Å². The van der Waals surface area contributed by atoms with E-state index in [1.54, 1.807) is 12.3 Å². The average molecular weight is 380 g/mol. The largest absolute Gasteiger partial charge is 0.355 e. The fourth-order valence-electron chi connectivity index (χ4n) is 2.51. The minimum absolute atomic E-state index is 0. The van der Waals surface area contributed by atoms with E-state index < -0.39 is 0 Å². The summed E-state index contributed by atoms with van der Waals surface area (Å²) in [5.74, 6) is 0.689. The van der Waals surface area contributed by atoms with Crippen LogP contribution in [0.2, 0.25) is 0 Å². The molecule has 2 aliphatic heterocycles. The van der Waals surface area contributed by atoms with Crippen LogP contribution in [0.5, 0.6) is 0 Å². The normalized spacial score (nSPS) is 12.2. The Bertz CT molecular complexity index is 997. The summed E-state index contributed by atoms with van der Waals surface area (Å²) in [5.41, 5.74) is 4.84. The standard InChI is InChI=1S/C16H10N8.Zn/c1-2-11-6-13-8-17-15(20-13)22-16-21-14(23-24-16)7-12-4-3-10(19-12)5-9(1)18-11;/h1-8,18H,(H,17,20,21,22,23,24);. The quantitative estimate of drug-likeness (QED) is 0.402. The SMILES string of the molecule is C1=Cc2cc3nnc(nc4nc(cc5ccc(cc1n2)[nH]5)C=N4)[nH]3.[Zn]. The zero-order valence-corrected chi connectivity index (χ0v) is 16.0. The van der Waals surface area contributed by atoms with Crippen molar-refractivity contribution in [2.45, 2.75) is 0 Å². The molecule has 116 valence electrons. The molecule has 2 aliphatic rings. The third-order valence-corrected chi connectivity index (χ3v) is 3.55. The van der Waals surface area contributed by atoms with Crippen LogP contribution in [0.15, 0.2) is 35.3 Å². The second-order valence-electron chi connectivity index (χ2n) is 5.34. The number of nitrogens with zero attached hydrogens (tertiary/aromatic N) is 6. The van der Waals surface area contributed by atoms with Crippen molar-refractivity contribution in [3.8, 4) is 0 Å². The number of hydrogen-bond donors (Lipinski definition) is 2. The summed E-state index contributed by atoms with van der Waals surface area (Å²) >= 11 is 0. The number of fused-ring (bicyclic) bond motifs is 8. The molecule has 8 bridgehead atoms. The van der Waals surface area contributed by atoms with Gasteiger partial charge in [-0.15, -0.1) is 10.2 Å². The maximum absolute atomic E-state index is 4.53. The molecule has 0 fully saturated rings. The van der Waals surface area contributed by atoms with Crippen molar-refractivity contribution in [2.75, 3.05) is 0 Å². The minimum Gasteiger partial charge on any atom is -0.355 e. The van der Waals surface area contributed by atoms with Gasteiger partial charge in [0.05, 0.1) is 23.3 Å². The van der Waals surface area contributed by atoms with Gasteiger partial charge in [-0.2, -0.15) is 4.98 Å². The molecular formula is C16H10N8Zn. The Hall–Kier alpha value is -3.06. The molecule has 5 rings (SSSR count). The maximum atomic E-state index is 4.53. The molecule has 3 aromatic rings. The Morgan fingerprint density at radius 1 is 0.720 bits per heavy atom. The van der Waals surface area contributed by atoms with Crippen molar-refractivity contribution in [3.05, 3.63) is 47.4 Å². The number of hydrogen-bond acceptors (Lipinski definition) is 6. The number of aliphatic imine (C=N–C) groups is 1.